The van der Waals surface area contributed by atoms with Crippen molar-refractivity contribution < 1.29 is 17.9 Å². The van der Waals surface area contributed by atoms with Crippen LogP contribution in [0.1, 0.15) is 57.8 Å². The number of carbonyl (C=O) groups excluding carboxylic acids is 1. The van der Waals surface area contributed by atoms with E-state index in [9.17, 15) is 13.2 Å². The minimum Gasteiger partial charge on any atom is -0.496 e. The average molecular weight is 493 g/mol. The standard InChI is InChI=1S/C25H40N4O4S/c1-7-28(8-2)16-11-15-25(4,5)27-34(31,32)21-13-14-23(33-6)22(18-21)24(30)26-19-20-12-10-17-29(20)9-3/h13-14,18,20,27H,7-10,12,16-17,19H2,1-6H3,(H,26,30). The molecule has 1 aromatic rings. The third-order valence-electron chi connectivity index (χ3n) is 6.12. The number of benzene rings is 1. The molecule has 0 aromatic heterocycles. The van der Waals surface area contributed by atoms with Crippen molar-refractivity contribution in [3.8, 4) is 17.6 Å². The van der Waals surface area contributed by atoms with Crippen molar-refractivity contribution in [2.45, 2.75) is 63.9 Å². The summed E-state index contributed by atoms with van der Waals surface area (Å²) in [6, 6.07) is 4.61. The van der Waals surface area contributed by atoms with Gasteiger partial charge in [-0.1, -0.05) is 32.6 Å². The highest BCUT2D eigenvalue weighted by atomic mass is 32.2. The summed E-state index contributed by atoms with van der Waals surface area (Å²) < 4.78 is 34.2. The van der Waals surface area contributed by atoms with Gasteiger partial charge in [0.15, 0.2) is 0 Å². The maximum absolute atomic E-state index is 13.1. The first-order valence-corrected chi connectivity index (χ1v) is 13.5. The van der Waals surface area contributed by atoms with E-state index in [1.165, 1.54) is 25.3 Å². The third kappa shape index (κ3) is 7.70. The molecule has 190 valence electrons. The predicted octanol–water partition coefficient (Wildman–Crippen LogP) is 2.31. The normalized spacial score (nSPS) is 16.9. The smallest absolute Gasteiger partial charge is 0.255 e. The Morgan fingerprint density at radius 3 is 2.59 bits per heavy atom. The predicted molar refractivity (Wildman–Crippen MR) is 136 cm³/mol. The molecule has 9 heteroatoms. The molecule has 0 bridgehead atoms. The summed E-state index contributed by atoms with van der Waals surface area (Å²) >= 11 is 0. The molecular formula is C25H40N4O4S. The molecule has 0 saturated carbocycles. The van der Waals surface area contributed by atoms with Gasteiger partial charge in [0.2, 0.25) is 10.0 Å². The van der Waals surface area contributed by atoms with E-state index in [0.29, 0.717) is 24.9 Å². The summed E-state index contributed by atoms with van der Waals surface area (Å²) in [7, 11) is -2.45. The Hall–Kier alpha value is -2.12. The first-order valence-electron chi connectivity index (χ1n) is 12.0. The zero-order chi connectivity index (χ0) is 25.4. The van der Waals surface area contributed by atoms with Gasteiger partial charge in [0.25, 0.3) is 5.91 Å². The minimum absolute atomic E-state index is 0.00637. The van der Waals surface area contributed by atoms with Crippen molar-refractivity contribution in [3.63, 3.8) is 0 Å². The highest BCUT2D eigenvalue weighted by molar-refractivity contribution is 7.89. The number of sulfonamides is 1. The van der Waals surface area contributed by atoms with Crippen LogP contribution in [0, 0.1) is 11.8 Å². The largest absolute Gasteiger partial charge is 0.496 e. The molecule has 1 aliphatic heterocycles. The topological polar surface area (TPSA) is 91.0 Å². The second kappa shape index (κ2) is 12.5. The molecule has 1 amide bonds. The van der Waals surface area contributed by atoms with Gasteiger partial charge >= 0.3 is 0 Å². The Bertz CT molecular complexity index is 994. The van der Waals surface area contributed by atoms with Gasteiger partial charge in [0.05, 0.1) is 29.7 Å². The third-order valence-corrected chi connectivity index (χ3v) is 7.77. The number of hydrogen-bond donors (Lipinski definition) is 2. The highest BCUT2D eigenvalue weighted by Gasteiger charge is 2.27. The molecule has 1 aromatic carbocycles. The molecule has 1 saturated heterocycles. The molecule has 1 aliphatic rings. The Morgan fingerprint density at radius 2 is 1.97 bits per heavy atom. The zero-order valence-electron chi connectivity index (χ0n) is 21.4. The lowest BCUT2D eigenvalue weighted by Gasteiger charge is -2.23. The lowest BCUT2D eigenvalue weighted by molar-refractivity contribution is 0.0938. The van der Waals surface area contributed by atoms with Crippen LogP contribution < -0.4 is 14.8 Å². The van der Waals surface area contributed by atoms with Crippen molar-refractivity contribution in [3.05, 3.63) is 23.8 Å². The summed E-state index contributed by atoms with van der Waals surface area (Å²) in [5.74, 6) is 6.05. The van der Waals surface area contributed by atoms with Gasteiger partial charge in [-0.15, -0.1) is 0 Å². The highest BCUT2D eigenvalue weighted by Crippen LogP contribution is 2.24. The lowest BCUT2D eigenvalue weighted by Crippen LogP contribution is -2.42. The Balaban J connectivity index is 2.17. The monoisotopic (exact) mass is 492 g/mol. The van der Waals surface area contributed by atoms with Crippen LogP contribution in [0.4, 0.5) is 0 Å². The Morgan fingerprint density at radius 1 is 1.26 bits per heavy atom. The van der Waals surface area contributed by atoms with Gasteiger partial charge in [0.1, 0.15) is 5.75 Å². The molecule has 1 fully saturated rings. The van der Waals surface area contributed by atoms with Gasteiger partial charge in [0, 0.05) is 12.6 Å². The number of nitrogens with zero attached hydrogens (tertiary/aromatic N) is 2. The van der Waals surface area contributed by atoms with E-state index in [-0.39, 0.29) is 16.4 Å². The number of carbonyl (C=O) groups is 1. The van der Waals surface area contributed by atoms with Crippen LogP contribution in [0.2, 0.25) is 0 Å². The summed E-state index contributed by atoms with van der Waals surface area (Å²) in [6.07, 6.45) is 2.15. The zero-order valence-corrected chi connectivity index (χ0v) is 22.2. The number of rotatable bonds is 11. The van der Waals surface area contributed by atoms with Crippen molar-refractivity contribution in [2.75, 3.05) is 46.4 Å². The molecule has 1 heterocycles. The van der Waals surface area contributed by atoms with E-state index in [2.05, 4.69) is 52.5 Å². The van der Waals surface area contributed by atoms with Crippen LogP contribution in [0.3, 0.4) is 0 Å². The van der Waals surface area contributed by atoms with E-state index < -0.39 is 15.6 Å². The van der Waals surface area contributed by atoms with Crippen molar-refractivity contribution in [1.82, 2.24) is 19.8 Å². The summed E-state index contributed by atoms with van der Waals surface area (Å²) in [5.41, 5.74) is -0.780. The number of nitrogens with one attached hydrogen (secondary N) is 2. The average Bonchev–Trinajstić information content (AvgIpc) is 3.26. The second-order valence-corrected chi connectivity index (χ2v) is 10.7. The van der Waals surface area contributed by atoms with Crippen LogP contribution in [0.15, 0.2) is 23.1 Å². The molecule has 2 rings (SSSR count). The van der Waals surface area contributed by atoms with E-state index in [1.54, 1.807) is 13.8 Å². The van der Waals surface area contributed by atoms with E-state index in [0.717, 1.165) is 39.0 Å². The number of hydrogen-bond acceptors (Lipinski definition) is 6. The maximum Gasteiger partial charge on any atom is 0.255 e. The van der Waals surface area contributed by atoms with E-state index in [4.69, 9.17) is 4.74 Å². The van der Waals surface area contributed by atoms with Crippen LogP contribution in [0.25, 0.3) is 0 Å². The molecular weight excluding hydrogens is 452 g/mol. The fourth-order valence-electron chi connectivity index (χ4n) is 4.12. The second-order valence-electron chi connectivity index (χ2n) is 8.99. The van der Waals surface area contributed by atoms with Crippen molar-refractivity contribution in [2.24, 2.45) is 0 Å². The molecule has 0 radical (unpaired) electrons. The number of likely N-dealkylation sites (tertiary alicyclic amines) is 1. The van der Waals surface area contributed by atoms with Crippen LogP contribution in [-0.2, 0) is 10.0 Å². The summed E-state index contributed by atoms with van der Waals surface area (Å²) in [6.45, 7) is 14.5. The lowest BCUT2D eigenvalue weighted by atomic mass is 10.1. The Labute approximate surface area is 205 Å². The SMILES string of the molecule is CCN(CC)CC#CC(C)(C)NS(=O)(=O)c1ccc(OC)c(C(=O)NCC2CCCN2CC)c1. The van der Waals surface area contributed by atoms with E-state index in [1.807, 2.05) is 0 Å². The quantitative estimate of drug-likeness (QED) is 0.461. The van der Waals surface area contributed by atoms with Crippen molar-refractivity contribution in [1.29, 1.82) is 0 Å². The Kier molecular flexibility index (Phi) is 10.4. The molecule has 1 atom stereocenters. The van der Waals surface area contributed by atoms with Crippen LogP contribution in [0.5, 0.6) is 5.75 Å². The fourth-order valence-corrected chi connectivity index (χ4v) is 5.48. The van der Waals surface area contributed by atoms with Gasteiger partial charge in [-0.05, 0) is 71.1 Å². The fraction of sp³-hybridized carbons (Fsp3) is 0.640. The molecule has 1 unspecified atom stereocenters. The van der Waals surface area contributed by atoms with Crippen molar-refractivity contribution >= 4 is 15.9 Å². The minimum atomic E-state index is -3.91. The molecule has 0 spiro atoms. The van der Waals surface area contributed by atoms with Crippen LogP contribution >= 0.6 is 0 Å². The number of likely N-dealkylation sites (N-methyl/N-ethyl adjacent to an activating group) is 1. The molecule has 8 nitrogen and oxygen atoms in total. The summed E-state index contributed by atoms with van der Waals surface area (Å²) in [4.78, 5) is 17.4. The maximum atomic E-state index is 13.1. The summed E-state index contributed by atoms with van der Waals surface area (Å²) in [5, 5.41) is 2.95. The first kappa shape index (κ1) is 28.1. The number of methoxy groups -OCH3 is 1. The van der Waals surface area contributed by atoms with Gasteiger partial charge in [-0.25, -0.2) is 8.42 Å². The number of ether oxygens (including phenoxy) is 1. The molecule has 0 aliphatic carbocycles. The van der Waals surface area contributed by atoms with E-state index >= 15 is 0 Å². The first-order chi connectivity index (χ1) is 16.1. The van der Waals surface area contributed by atoms with Gasteiger partial charge in [-0.2, -0.15) is 4.72 Å². The van der Waals surface area contributed by atoms with Crippen LogP contribution in [-0.4, -0.2) is 82.1 Å². The van der Waals surface area contributed by atoms with Gasteiger partial charge < -0.3 is 10.1 Å². The molecule has 2 N–H and O–H groups in total. The molecule has 34 heavy (non-hydrogen) atoms. The van der Waals surface area contributed by atoms with Gasteiger partial charge in [-0.3, -0.25) is 14.6 Å². The number of amides is 1.